The minimum Gasteiger partial charge on any atom is -0.497 e. The van der Waals surface area contributed by atoms with E-state index in [2.05, 4.69) is 22.4 Å². The number of hydrogen-bond donors (Lipinski definition) is 1. The Hall–Kier alpha value is -2.86. The minimum atomic E-state index is -3.75. The molecular formula is C22H24N2O3S. The molecule has 0 unspecified atom stereocenters. The number of nitrogens with zero attached hydrogens (tertiary/aromatic N) is 1. The Balaban J connectivity index is 2.11. The molecule has 0 bridgehead atoms. The second-order valence-corrected chi connectivity index (χ2v) is 8.80. The van der Waals surface area contributed by atoms with Gasteiger partial charge in [-0.05, 0) is 75.2 Å². The second kappa shape index (κ2) is 7.64. The van der Waals surface area contributed by atoms with Gasteiger partial charge in [-0.1, -0.05) is 17.7 Å². The molecule has 0 saturated heterocycles. The molecule has 28 heavy (non-hydrogen) atoms. The van der Waals surface area contributed by atoms with E-state index in [0.29, 0.717) is 11.6 Å². The van der Waals surface area contributed by atoms with Gasteiger partial charge in [-0.25, -0.2) is 13.4 Å². The molecular weight excluding hydrogens is 372 g/mol. The van der Waals surface area contributed by atoms with Crippen molar-refractivity contribution in [3.63, 3.8) is 0 Å². The molecule has 0 radical (unpaired) electrons. The van der Waals surface area contributed by atoms with Crippen LogP contribution in [-0.4, -0.2) is 20.5 Å². The van der Waals surface area contributed by atoms with Gasteiger partial charge >= 0.3 is 0 Å². The van der Waals surface area contributed by atoms with Gasteiger partial charge in [0.15, 0.2) is 0 Å². The fourth-order valence-electron chi connectivity index (χ4n) is 3.23. The number of pyridine rings is 1. The van der Waals surface area contributed by atoms with Crippen LogP contribution in [-0.2, 0) is 9.84 Å². The van der Waals surface area contributed by atoms with E-state index in [-0.39, 0.29) is 9.79 Å². The lowest BCUT2D eigenvalue weighted by Gasteiger charge is -2.17. The third-order valence-electron chi connectivity index (χ3n) is 4.58. The Morgan fingerprint density at radius 2 is 1.50 bits per heavy atom. The molecule has 146 valence electrons. The first-order valence-electron chi connectivity index (χ1n) is 8.94. The number of nitrogens with one attached hydrogen (secondary N) is 1. The summed E-state index contributed by atoms with van der Waals surface area (Å²) in [7, 11) is -2.20. The zero-order chi connectivity index (χ0) is 20.5. The van der Waals surface area contributed by atoms with Crippen molar-refractivity contribution in [3.05, 3.63) is 70.9 Å². The maximum Gasteiger partial charge on any atom is 0.210 e. The fraction of sp³-hybridized carbons (Fsp3) is 0.227. The number of rotatable bonds is 5. The molecule has 6 heteroatoms. The number of methoxy groups -OCH3 is 1. The summed E-state index contributed by atoms with van der Waals surface area (Å²) in [6.45, 7) is 7.86. The first-order valence-corrected chi connectivity index (χ1v) is 10.4. The van der Waals surface area contributed by atoms with E-state index >= 15 is 0 Å². The Morgan fingerprint density at radius 3 is 2.07 bits per heavy atom. The highest BCUT2D eigenvalue weighted by Crippen LogP contribution is 2.32. The van der Waals surface area contributed by atoms with Gasteiger partial charge in [-0.2, -0.15) is 0 Å². The number of anilines is 2. The Bertz CT molecular complexity index is 1100. The van der Waals surface area contributed by atoms with E-state index in [1.165, 1.54) is 0 Å². The highest BCUT2D eigenvalue weighted by atomic mass is 32.2. The number of aromatic nitrogens is 1. The summed E-state index contributed by atoms with van der Waals surface area (Å²) in [6.07, 6.45) is 0. The van der Waals surface area contributed by atoms with E-state index in [1.54, 1.807) is 43.5 Å². The molecule has 1 heterocycles. The molecule has 0 aliphatic heterocycles. The molecule has 0 saturated carbocycles. The average Bonchev–Trinajstić information content (AvgIpc) is 2.64. The first kappa shape index (κ1) is 19.9. The van der Waals surface area contributed by atoms with E-state index in [1.807, 2.05) is 27.7 Å². The molecule has 0 amide bonds. The van der Waals surface area contributed by atoms with Gasteiger partial charge in [0.05, 0.1) is 12.0 Å². The van der Waals surface area contributed by atoms with Crippen LogP contribution in [0.4, 0.5) is 11.5 Å². The standard InChI is InChI=1S/C22H24N2O3S/c1-14-12-15(2)21(16(3)13-14)24-22-20(11-6-17(4)23-22)28(25,26)19-9-7-18(27-5)8-10-19/h6-13H,1-5H3,(H,23,24). The molecule has 0 spiro atoms. The number of hydrogen-bond acceptors (Lipinski definition) is 5. The molecule has 1 N–H and O–H groups in total. The molecule has 0 aliphatic rings. The summed E-state index contributed by atoms with van der Waals surface area (Å²) in [6, 6.07) is 13.8. The van der Waals surface area contributed by atoms with Crippen molar-refractivity contribution in [2.24, 2.45) is 0 Å². The molecule has 5 nitrogen and oxygen atoms in total. The monoisotopic (exact) mass is 396 g/mol. The Morgan fingerprint density at radius 1 is 0.893 bits per heavy atom. The molecule has 2 aromatic carbocycles. The van der Waals surface area contributed by atoms with E-state index < -0.39 is 9.84 Å². The van der Waals surface area contributed by atoms with Gasteiger partial charge < -0.3 is 10.1 Å². The van der Waals surface area contributed by atoms with Crippen LogP contribution in [0.15, 0.2) is 58.3 Å². The molecule has 0 aliphatic carbocycles. The van der Waals surface area contributed by atoms with Crippen LogP contribution in [0.5, 0.6) is 5.75 Å². The van der Waals surface area contributed by atoms with Crippen molar-refractivity contribution < 1.29 is 13.2 Å². The van der Waals surface area contributed by atoms with Gasteiger partial charge in [0.2, 0.25) is 9.84 Å². The zero-order valence-electron chi connectivity index (χ0n) is 16.7. The van der Waals surface area contributed by atoms with E-state index in [0.717, 1.165) is 28.1 Å². The first-order chi connectivity index (χ1) is 13.2. The molecule has 0 atom stereocenters. The number of aryl methyl sites for hydroxylation is 4. The second-order valence-electron chi connectivity index (χ2n) is 6.88. The lowest BCUT2D eigenvalue weighted by molar-refractivity contribution is 0.414. The van der Waals surface area contributed by atoms with Crippen molar-refractivity contribution in [2.45, 2.75) is 37.5 Å². The lowest BCUT2D eigenvalue weighted by Crippen LogP contribution is -2.09. The van der Waals surface area contributed by atoms with E-state index in [9.17, 15) is 8.42 Å². The van der Waals surface area contributed by atoms with Crippen LogP contribution in [0.25, 0.3) is 0 Å². The maximum atomic E-state index is 13.3. The zero-order valence-corrected chi connectivity index (χ0v) is 17.5. The van der Waals surface area contributed by atoms with E-state index in [4.69, 9.17) is 4.74 Å². The number of sulfone groups is 1. The fourth-order valence-corrected chi connectivity index (χ4v) is 4.57. The summed E-state index contributed by atoms with van der Waals surface area (Å²) < 4.78 is 31.6. The lowest BCUT2D eigenvalue weighted by atomic mass is 10.1. The van der Waals surface area contributed by atoms with Crippen molar-refractivity contribution in [1.29, 1.82) is 0 Å². The number of benzene rings is 2. The highest BCUT2D eigenvalue weighted by Gasteiger charge is 2.23. The average molecular weight is 397 g/mol. The van der Waals surface area contributed by atoms with Gasteiger partial charge in [-0.15, -0.1) is 0 Å². The van der Waals surface area contributed by atoms with Crippen LogP contribution < -0.4 is 10.1 Å². The number of ether oxygens (including phenoxy) is 1. The summed E-state index contributed by atoms with van der Waals surface area (Å²) in [4.78, 5) is 4.82. The summed E-state index contributed by atoms with van der Waals surface area (Å²) in [5.74, 6) is 0.927. The summed E-state index contributed by atoms with van der Waals surface area (Å²) in [5, 5.41) is 3.26. The third kappa shape index (κ3) is 3.87. The highest BCUT2D eigenvalue weighted by molar-refractivity contribution is 7.91. The van der Waals surface area contributed by atoms with Crippen LogP contribution >= 0.6 is 0 Å². The van der Waals surface area contributed by atoms with Crippen molar-refractivity contribution in [2.75, 3.05) is 12.4 Å². The SMILES string of the molecule is COc1ccc(S(=O)(=O)c2ccc(C)nc2Nc2c(C)cc(C)cc2C)cc1. The van der Waals surface area contributed by atoms with Gasteiger partial charge in [0.1, 0.15) is 16.5 Å². The van der Waals surface area contributed by atoms with Crippen molar-refractivity contribution >= 4 is 21.3 Å². The predicted octanol–water partition coefficient (Wildman–Crippen LogP) is 4.90. The van der Waals surface area contributed by atoms with Crippen LogP contribution in [0.1, 0.15) is 22.4 Å². The maximum absolute atomic E-state index is 13.3. The van der Waals surface area contributed by atoms with Crippen molar-refractivity contribution in [1.82, 2.24) is 4.98 Å². The predicted molar refractivity (Wildman–Crippen MR) is 111 cm³/mol. The topological polar surface area (TPSA) is 68.3 Å². The van der Waals surface area contributed by atoms with Crippen LogP contribution in [0, 0.1) is 27.7 Å². The van der Waals surface area contributed by atoms with Gasteiger partial charge in [0, 0.05) is 11.4 Å². The summed E-state index contributed by atoms with van der Waals surface area (Å²) in [5.41, 5.74) is 4.83. The Kier molecular flexibility index (Phi) is 5.42. The molecule has 3 aromatic rings. The van der Waals surface area contributed by atoms with Gasteiger partial charge in [0.25, 0.3) is 0 Å². The largest absolute Gasteiger partial charge is 0.497 e. The van der Waals surface area contributed by atoms with Crippen LogP contribution in [0.2, 0.25) is 0 Å². The van der Waals surface area contributed by atoms with Gasteiger partial charge in [-0.3, -0.25) is 0 Å². The quantitative estimate of drug-likeness (QED) is 0.664. The summed E-state index contributed by atoms with van der Waals surface area (Å²) >= 11 is 0. The van der Waals surface area contributed by atoms with Crippen LogP contribution in [0.3, 0.4) is 0 Å². The Labute approximate surface area is 166 Å². The molecule has 0 fully saturated rings. The van der Waals surface area contributed by atoms with Crippen molar-refractivity contribution in [3.8, 4) is 5.75 Å². The smallest absolute Gasteiger partial charge is 0.210 e. The molecule has 3 rings (SSSR count). The normalized spacial score (nSPS) is 11.3. The minimum absolute atomic E-state index is 0.141. The molecule has 1 aromatic heterocycles. The third-order valence-corrected chi connectivity index (χ3v) is 6.38.